The molecule has 2 rings (SSSR count). The summed E-state index contributed by atoms with van der Waals surface area (Å²) < 4.78 is 2.35. The number of carboxylic acids is 1. The molecule has 4 heteroatoms. The van der Waals surface area contributed by atoms with Gasteiger partial charge in [-0.2, -0.15) is 0 Å². The molecule has 2 aromatic rings. The Kier molecular flexibility index (Phi) is 6.05. The van der Waals surface area contributed by atoms with Gasteiger partial charge >= 0.3 is 5.97 Å². The quantitative estimate of drug-likeness (QED) is 0.749. The standard InChI is InChI=1S/C20H29NO3/c1-5-6-9-21-14(4)16(8-7-10-22)18-12-15(20(23)24)11-17(13(2)3)19(18)21/h11-13,22H,5-10H2,1-4H3,(H,23,24). The van der Waals surface area contributed by atoms with E-state index in [0.29, 0.717) is 12.0 Å². The minimum atomic E-state index is -0.883. The number of hydrogen-bond acceptors (Lipinski definition) is 2. The first-order valence-electron chi connectivity index (χ1n) is 8.92. The Bertz CT molecular complexity index is 728. The third kappa shape index (κ3) is 3.48. The van der Waals surface area contributed by atoms with Gasteiger partial charge in [0.25, 0.3) is 0 Å². The van der Waals surface area contributed by atoms with Crippen LogP contribution < -0.4 is 0 Å². The molecule has 0 amide bonds. The molecular formula is C20H29NO3. The summed E-state index contributed by atoms with van der Waals surface area (Å²) in [6.45, 7) is 9.62. The van der Waals surface area contributed by atoms with E-state index >= 15 is 0 Å². The lowest BCUT2D eigenvalue weighted by Crippen LogP contribution is -2.05. The summed E-state index contributed by atoms with van der Waals surface area (Å²) in [4.78, 5) is 11.6. The zero-order valence-electron chi connectivity index (χ0n) is 15.2. The number of aliphatic hydroxyl groups excluding tert-OH is 1. The van der Waals surface area contributed by atoms with Crippen LogP contribution in [0.15, 0.2) is 12.1 Å². The Morgan fingerprint density at radius 3 is 2.50 bits per heavy atom. The minimum absolute atomic E-state index is 0.150. The molecule has 0 bridgehead atoms. The van der Waals surface area contributed by atoms with Crippen LogP contribution in [-0.4, -0.2) is 27.4 Å². The predicted octanol–water partition coefficient (Wildman–Crippen LogP) is 4.50. The van der Waals surface area contributed by atoms with Gasteiger partial charge < -0.3 is 14.8 Å². The average Bonchev–Trinajstić information content (AvgIpc) is 2.81. The summed E-state index contributed by atoms with van der Waals surface area (Å²) in [6.07, 6.45) is 3.69. The molecule has 0 aliphatic heterocycles. The maximum absolute atomic E-state index is 11.6. The van der Waals surface area contributed by atoms with E-state index in [4.69, 9.17) is 0 Å². The van der Waals surface area contributed by atoms with Crippen molar-refractivity contribution in [3.8, 4) is 0 Å². The second kappa shape index (κ2) is 7.84. The molecule has 1 aromatic heterocycles. The fraction of sp³-hybridized carbons (Fsp3) is 0.550. The number of hydrogen-bond donors (Lipinski definition) is 2. The average molecular weight is 331 g/mol. The number of aromatic nitrogens is 1. The number of aromatic carboxylic acids is 1. The van der Waals surface area contributed by atoms with Gasteiger partial charge in [-0.05, 0) is 55.4 Å². The summed E-state index contributed by atoms with van der Waals surface area (Å²) in [7, 11) is 0. The topological polar surface area (TPSA) is 62.5 Å². The number of aryl methyl sites for hydroxylation is 2. The fourth-order valence-corrected chi connectivity index (χ4v) is 3.44. The molecule has 0 radical (unpaired) electrons. The SMILES string of the molecule is CCCCn1c(C)c(CCCO)c2cc(C(=O)O)cc(C(C)C)c21. The second-order valence-electron chi connectivity index (χ2n) is 6.82. The van der Waals surface area contributed by atoms with Crippen molar-refractivity contribution in [1.29, 1.82) is 0 Å². The number of nitrogens with zero attached hydrogens (tertiary/aromatic N) is 1. The third-order valence-corrected chi connectivity index (χ3v) is 4.77. The second-order valence-corrected chi connectivity index (χ2v) is 6.82. The van der Waals surface area contributed by atoms with Crippen LogP contribution in [0.1, 0.15) is 73.1 Å². The first-order chi connectivity index (χ1) is 11.4. The van der Waals surface area contributed by atoms with E-state index in [1.807, 2.05) is 12.1 Å². The Morgan fingerprint density at radius 1 is 1.25 bits per heavy atom. The van der Waals surface area contributed by atoms with E-state index in [1.54, 1.807) is 0 Å². The fourth-order valence-electron chi connectivity index (χ4n) is 3.44. The molecule has 0 saturated carbocycles. The van der Waals surface area contributed by atoms with Crippen LogP contribution in [0.4, 0.5) is 0 Å². The van der Waals surface area contributed by atoms with Crippen molar-refractivity contribution >= 4 is 16.9 Å². The lowest BCUT2D eigenvalue weighted by Gasteiger charge is -2.14. The molecule has 132 valence electrons. The molecule has 0 fully saturated rings. The van der Waals surface area contributed by atoms with E-state index < -0.39 is 5.97 Å². The van der Waals surface area contributed by atoms with Gasteiger partial charge in [-0.1, -0.05) is 27.2 Å². The number of carbonyl (C=O) groups is 1. The van der Waals surface area contributed by atoms with Crippen LogP contribution in [0.25, 0.3) is 10.9 Å². The van der Waals surface area contributed by atoms with Gasteiger partial charge in [-0.25, -0.2) is 4.79 Å². The van der Waals surface area contributed by atoms with Crippen molar-refractivity contribution < 1.29 is 15.0 Å². The molecule has 0 aliphatic rings. The van der Waals surface area contributed by atoms with Gasteiger partial charge in [0, 0.05) is 24.2 Å². The van der Waals surface area contributed by atoms with Gasteiger partial charge in [0.1, 0.15) is 0 Å². The predicted molar refractivity (Wildman–Crippen MR) is 98.0 cm³/mol. The number of unbranched alkanes of at least 4 members (excludes halogenated alkanes) is 1. The molecule has 1 aromatic carbocycles. The molecule has 1 heterocycles. The maximum atomic E-state index is 11.6. The van der Waals surface area contributed by atoms with Crippen molar-refractivity contribution in [1.82, 2.24) is 4.57 Å². The van der Waals surface area contributed by atoms with Gasteiger partial charge in [0.15, 0.2) is 0 Å². The van der Waals surface area contributed by atoms with E-state index in [0.717, 1.165) is 36.8 Å². The Balaban J connectivity index is 2.79. The summed E-state index contributed by atoms with van der Waals surface area (Å²) in [6, 6.07) is 3.64. The van der Waals surface area contributed by atoms with Crippen LogP contribution in [0.2, 0.25) is 0 Å². The smallest absolute Gasteiger partial charge is 0.335 e. The van der Waals surface area contributed by atoms with Gasteiger partial charge in [-0.15, -0.1) is 0 Å². The summed E-state index contributed by atoms with van der Waals surface area (Å²) in [5, 5.41) is 19.8. The van der Waals surface area contributed by atoms with E-state index in [9.17, 15) is 15.0 Å². The molecule has 0 unspecified atom stereocenters. The molecule has 24 heavy (non-hydrogen) atoms. The zero-order chi connectivity index (χ0) is 17.9. The lowest BCUT2D eigenvalue weighted by atomic mass is 9.95. The highest BCUT2D eigenvalue weighted by Crippen LogP contribution is 2.34. The van der Waals surface area contributed by atoms with Crippen molar-refractivity contribution in [3.63, 3.8) is 0 Å². The number of aliphatic hydroxyl groups is 1. The number of carboxylic acid groups (broad SMARTS) is 1. The van der Waals surface area contributed by atoms with Gasteiger partial charge in [-0.3, -0.25) is 0 Å². The highest BCUT2D eigenvalue weighted by molar-refractivity contribution is 5.97. The molecule has 2 N–H and O–H groups in total. The summed E-state index contributed by atoms with van der Waals surface area (Å²) in [5.41, 5.74) is 5.01. The first kappa shape index (κ1) is 18.5. The Morgan fingerprint density at radius 2 is 1.96 bits per heavy atom. The minimum Gasteiger partial charge on any atom is -0.478 e. The van der Waals surface area contributed by atoms with Crippen molar-refractivity contribution in [2.75, 3.05) is 6.61 Å². The Labute approximate surface area is 144 Å². The normalized spacial score (nSPS) is 11.6. The van der Waals surface area contributed by atoms with Crippen LogP contribution in [0.3, 0.4) is 0 Å². The maximum Gasteiger partial charge on any atom is 0.335 e. The van der Waals surface area contributed by atoms with E-state index in [2.05, 4.69) is 32.3 Å². The number of rotatable bonds is 8. The lowest BCUT2D eigenvalue weighted by molar-refractivity contribution is 0.0697. The van der Waals surface area contributed by atoms with E-state index in [-0.39, 0.29) is 12.5 Å². The number of fused-ring (bicyclic) bond motifs is 1. The largest absolute Gasteiger partial charge is 0.478 e. The zero-order valence-corrected chi connectivity index (χ0v) is 15.2. The molecule has 0 saturated heterocycles. The van der Waals surface area contributed by atoms with Crippen molar-refractivity contribution in [2.24, 2.45) is 0 Å². The highest BCUT2D eigenvalue weighted by Gasteiger charge is 2.20. The monoisotopic (exact) mass is 331 g/mol. The first-order valence-corrected chi connectivity index (χ1v) is 8.92. The molecular weight excluding hydrogens is 302 g/mol. The van der Waals surface area contributed by atoms with Crippen LogP contribution in [-0.2, 0) is 13.0 Å². The van der Waals surface area contributed by atoms with E-state index in [1.165, 1.54) is 16.8 Å². The van der Waals surface area contributed by atoms with Gasteiger partial charge in [0.05, 0.1) is 11.1 Å². The van der Waals surface area contributed by atoms with Crippen molar-refractivity contribution in [3.05, 3.63) is 34.5 Å². The number of benzene rings is 1. The summed E-state index contributed by atoms with van der Waals surface area (Å²) >= 11 is 0. The van der Waals surface area contributed by atoms with Crippen LogP contribution in [0.5, 0.6) is 0 Å². The molecule has 0 atom stereocenters. The van der Waals surface area contributed by atoms with Crippen LogP contribution in [0, 0.1) is 6.92 Å². The van der Waals surface area contributed by atoms with Crippen LogP contribution >= 0.6 is 0 Å². The molecule has 4 nitrogen and oxygen atoms in total. The van der Waals surface area contributed by atoms with Gasteiger partial charge in [0.2, 0.25) is 0 Å². The highest BCUT2D eigenvalue weighted by atomic mass is 16.4. The third-order valence-electron chi connectivity index (χ3n) is 4.77. The van der Waals surface area contributed by atoms with Crippen molar-refractivity contribution in [2.45, 2.75) is 65.8 Å². The summed E-state index contributed by atoms with van der Waals surface area (Å²) in [5.74, 6) is -0.627. The Hall–Kier alpha value is -1.81. The molecule has 0 spiro atoms. The molecule has 0 aliphatic carbocycles.